The van der Waals surface area contributed by atoms with Crippen molar-refractivity contribution >= 4 is 0 Å². The van der Waals surface area contributed by atoms with Crippen LogP contribution in [0.3, 0.4) is 0 Å². The lowest BCUT2D eigenvalue weighted by Gasteiger charge is -2.34. The molecule has 1 aromatic rings. The molecule has 3 rings (SSSR count). The number of nitrogens with zero attached hydrogens (tertiary/aromatic N) is 1. The van der Waals surface area contributed by atoms with E-state index in [4.69, 9.17) is 15.2 Å². The Labute approximate surface area is 132 Å². The number of rotatable bonds is 5. The minimum atomic E-state index is -0.431. The van der Waals surface area contributed by atoms with Crippen LogP contribution in [0.2, 0.25) is 0 Å². The van der Waals surface area contributed by atoms with Crippen molar-refractivity contribution in [3.8, 4) is 17.6 Å². The minimum absolute atomic E-state index is 0.227. The van der Waals surface area contributed by atoms with Gasteiger partial charge >= 0.3 is 0 Å². The van der Waals surface area contributed by atoms with E-state index in [1.54, 1.807) is 7.11 Å². The van der Waals surface area contributed by atoms with Gasteiger partial charge in [0, 0.05) is 6.04 Å². The van der Waals surface area contributed by atoms with Crippen molar-refractivity contribution < 1.29 is 9.47 Å². The van der Waals surface area contributed by atoms with Gasteiger partial charge in [-0.1, -0.05) is 6.07 Å². The van der Waals surface area contributed by atoms with Gasteiger partial charge in [-0.3, -0.25) is 0 Å². The second-order valence-electron chi connectivity index (χ2n) is 6.65. The maximum atomic E-state index is 9.76. The number of hydrogen-bond donors (Lipinski definition) is 1. The van der Waals surface area contributed by atoms with E-state index in [1.807, 2.05) is 18.2 Å². The predicted octanol–water partition coefficient (Wildman–Crippen LogP) is 3.15. The largest absolute Gasteiger partial charge is 0.493 e. The van der Waals surface area contributed by atoms with Crippen LogP contribution in [0.25, 0.3) is 0 Å². The summed E-state index contributed by atoms with van der Waals surface area (Å²) in [4.78, 5) is 0. The zero-order valence-electron chi connectivity index (χ0n) is 13.2. The smallest absolute Gasteiger partial charge is 0.161 e. The third kappa shape index (κ3) is 3.05. The molecule has 2 saturated carbocycles. The van der Waals surface area contributed by atoms with Gasteiger partial charge in [0.2, 0.25) is 0 Å². The lowest BCUT2D eigenvalue weighted by atomic mass is 9.69. The first-order chi connectivity index (χ1) is 10.7. The van der Waals surface area contributed by atoms with E-state index < -0.39 is 5.41 Å². The zero-order chi connectivity index (χ0) is 15.6. The van der Waals surface area contributed by atoms with Crippen LogP contribution in [0.1, 0.15) is 44.1 Å². The molecule has 0 aliphatic heterocycles. The molecule has 0 saturated heterocycles. The molecule has 0 heterocycles. The monoisotopic (exact) mass is 300 g/mol. The molecule has 1 aromatic carbocycles. The summed E-state index contributed by atoms with van der Waals surface area (Å²) >= 11 is 0. The second kappa shape index (κ2) is 6.18. The van der Waals surface area contributed by atoms with Gasteiger partial charge in [0.05, 0.1) is 25.2 Å². The Kier molecular flexibility index (Phi) is 4.26. The SMILES string of the molecule is COc1ccc([C@]2(C#N)CC[C@H](N)CC2)cc1OCC1CC1. The van der Waals surface area contributed by atoms with Crippen LogP contribution in [-0.4, -0.2) is 19.8 Å². The van der Waals surface area contributed by atoms with Gasteiger partial charge in [-0.05, 0) is 62.1 Å². The molecule has 0 atom stereocenters. The summed E-state index contributed by atoms with van der Waals surface area (Å²) in [5.41, 5.74) is 6.60. The van der Waals surface area contributed by atoms with E-state index in [0.717, 1.165) is 49.4 Å². The fraction of sp³-hybridized carbons (Fsp3) is 0.611. The average molecular weight is 300 g/mol. The Morgan fingerprint density at radius 1 is 1.23 bits per heavy atom. The van der Waals surface area contributed by atoms with Crippen LogP contribution < -0.4 is 15.2 Å². The molecule has 0 bridgehead atoms. The molecular formula is C18H24N2O2. The third-order valence-corrected chi connectivity index (χ3v) is 4.99. The van der Waals surface area contributed by atoms with Crippen LogP contribution in [0, 0.1) is 17.2 Å². The van der Waals surface area contributed by atoms with Gasteiger partial charge in [0.1, 0.15) is 0 Å². The highest BCUT2D eigenvalue weighted by Crippen LogP contribution is 2.42. The molecule has 2 aliphatic rings. The number of benzene rings is 1. The molecule has 22 heavy (non-hydrogen) atoms. The zero-order valence-corrected chi connectivity index (χ0v) is 13.2. The van der Waals surface area contributed by atoms with E-state index in [2.05, 4.69) is 6.07 Å². The summed E-state index contributed by atoms with van der Waals surface area (Å²) < 4.78 is 11.3. The number of ether oxygens (including phenoxy) is 2. The van der Waals surface area contributed by atoms with Crippen molar-refractivity contribution in [1.82, 2.24) is 0 Å². The maximum absolute atomic E-state index is 9.76. The lowest BCUT2D eigenvalue weighted by Crippen LogP contribution is -2.36. The van der Waals surface area contributed by atoms with Gasteiger partial charge in [0.25, 0.3) is 0 Å². The highest BCUT2D eigenvalue weighted by molar-refractivity contribution is 5.47. The summed E-state index contributed by atoms with van der Waals surface area (Å²) in [5.74, 6) is 2.19. The van der Waals surface area contributed by atoms with Crippen LogP contribution in [-0.2, 0) is 5.41 Å². The molecule has 0 aromatic heterocycles. The van der Waals surface area contributed by atoms with Crippen molar-refractivity contribution in [2.24, 2.45) is 11.7 Å². The highest BCUT2D eigenvalue weighted by Gasteiger charge is 2.37. The van der Waals surface area contributed by atoms with Crippen LogP contribution >= 0.6 is 0 Å². The quantitative estimate of drug-likeness (QED) is 0.907. The van der Waals surface area contributed by atoms with Gasteiger partial charge in [-0.2, -0.15) is 5.26 Å². The van der Waals surface area contributed by atoms with Crippen molar-refractivity contribution in [3.05, 3.63) is 23.8 Å². The fourth-order valence-electron chi connectivity index (χ4n) is 3.18. The molecule has 4 nitrogen and oxygen atoms in total. The van der Waals surface area contributed by atoms with Gasteiger partial charge in [-0.25, -0.2) is 0 Å². The standard InChI is InChI=1S/C18H24N2O2/c1-21-16-5-4-14(10-17(16)22-11-13-2-3-13)18(12-19)8-6-15(20)7-9-18/h4-5,10,13,15H,2-3,6-9,11,20H2,1H3/t15-,18+. The summed E-state index contributed by atoms with van der Waals surface area (Å²) in [6, 6.07) is 8.70. The van der Waals surface area contributed by atoms with E-state index in [1.165, 1.54) is 12.8 Å². The average Bonchev–Trinajstić information content (AvgIpc) is 3.38. The molecule has 2 fully saturated rings. The number of nitrogens with two attached hydrogens (primary N) is 1. The number of methoxy groups -OCH3 is 1. The normalized spacial score (nSPS) is 28.0. The first kappa shape index (κ1) is 15.2. The van der Waals surface area contributed by atoms with E-state index in [0.29, 0.717) is 5.92 Å². The summed E-state index contributed by atoms with van der Waals surface area (Å²) in [6.45, 7) is 0.740. The van der Waals surface area contributed by atoms with Gasteiger partial charge in [-0.15, -0.1) is 0 Å². The van der Waals surface area contributed by atoms with Crippen molar-refractivity contribution in [2.45, 2.75) is 50.0 Å². The Bertz CT molecular complexity index is 567. The Hall–Kier alpha value is -1.73. The molecule has 2 aliphatic carbocycles. The van der Waals surface area contributed by atoms with Gasteiger partial charge in [0.15, 0.2) is 11.5 Å². The number of hydrogen-bond acceptors (Lipinski definition) is 4. The second-order valence-corrected chi connectivity index (χ2v) is 6.65. The molecule has 118 valence electrons. The number of nitriles is 1. The molecule has 4 heteroatoms. The Balaban J connectivity index is 1.85. The molecule has 0 radical (unpaired) electrons. The minimum Gasteiger partial charge on any atom is -0.493 e. The lowest BCUT2D eigenvalue weighted by molar-refractivity contribution is 0.278. The van der Waals surface area contributed by atoms with E-state index >= 15 is 0 Å². The van der Waals surface area contributed by atoms with Crippen molar-refractivity contribution in [3.63, 3.8) is 0 Å². The maximum Gasteiger partial charge on any atom is 0.161 e. The molecule has 0 amide bonds. The summed E-state index contributed by atoms with van der Waals surface area (Å²) in [6.07, 6.45) is 5.94. The molecular weight excluding hydrogens is 276 g/mol. The van der Waals surface area contributed by atoms with Crippen LogP contribution in [0.15, 0.2) is 18.2 Å². The third-order valence-electron chi connectivity index (χ3n) is 4.99. The van der Waals surface area contributed by atoms with Crippen molar-refractivity contribution in [2.75, 3.05) is 13.7 Å². The summed E-state index contributed by atoms with van der Waals surface area (Å²) in [7, 11) is 1.65. The highest BCUT2D eigenvalue weighted by atomic mass is 16.5. The Morgan fingerprint density at radius 2 is 1.95 bits per heavy atom. The molecule has 0 unspecified atom stereocenters. The van der Waals surface area contributed by atoms with Gasteiger partial charge < -0.3 is 15.2 Å². The van der Waals surface area contributed by atoms with Crippen LogP contribution in [0.4, 0.5) is 0 Å². The topological polar surface area (TPSA) is 68.3 Å². The first-order valence-electron chi connectivity index (χ1n) is 8.15. The van der Waals surface area contributed by atoms with E-state index in [9.17, 15) is 5.26 Å². The van der Waals surface area contributed by atoms with Crippen molar-refractivity contribution in [1.29, 1.82) is 5.26 Å². The molecule has 0 spiro atoms. The first-order valence-corrected chi connectivity index (χ1v) is 8.15. The fourth-order valence-corrected chi connectivity index (χ4v) is 3.18. The Morgan fingerprint density at radius 3 is 2.55 bits per heavy atom. The summed E-state index contributed by atoms with van der Waals surface area (Å²) in [5, 5.41) is 9.76. The van der Waals surface area contributed by atoms with Crippen LogP contribution in [0.5, 0.6) is 11.5 Å². The predicted molar refractivity (Wildman–Crippen MR) is 84.9 cm³/mol. The van der Waals surface area contributed by atoms with E-state index in [-0.39, 0.29) is 6.04 Å². The molecule has 2 N–H and O–H groups in total.